The van der Waals surface area contributed by atoms with Crippen LogP contribution in [0.1, 0.15) is 12.8 Å². The van der Waals surface area contributed by atoms with E-state index in [-0.39, 0.29) is 10.8 Å². The Hall–Kier alpha value is -2.29. The topological polar surface area (TPSA) is 79.4 Å². The third-order valence-electron chi connectivity index (χ3n) is 4.50. The van der Waals surface area contributed by atoms with Crippen molar-refractivity contribution in [1.82, 2.24) is 9.29 Å². The molecule has 1 amide bonds. The van der Waals surface area contributed by atoms with E-state index in [2.05, 4.69) is 10.3 Å². The molecule has 1 aromatic heterocycles. The normalized spacial score (nSPS) is 18.2. The number of thiazole rings is 1. The number of nitrogens with one attached hydrogen (secondary N) is 1. The average Bonchev–Trinajstić information content (AvgIpc) is 3.33. The zero-order valence-electron chi connectivity index (χ0n) is 13.8. The van der Waals surface area contributed by atoms with Gasteiger partial charge in [0.25, 0.3) is 0 Å². The number of fused-ring (bicyclic) bond motifs is 1. The minimum atomic E-state index is -3.75. The zero-order valence-corrected chi connectivity index (χ0v) is 15.5. The third kappa shape index (κ3) is 3.11. The number of anilines is 1. The summed E-state index contributed by atoms with van der Waals surface area (Å²) < 4.78 is 27.6. The van der Waals surface area contributed by atoms with E-state index in [0.29, 0.717) is 24.5 Å². The molecule has 1 aliphatic rings. The van der Waals surface area contributed by atoms with Gasteiger partial charge < -0.3 is 5.32 Å². The summed E-state index contributed by atoms with van der Waals surface area (Å²) in [6, 6.07) is 12.0. The summed E-state index contributed by atoms with van der Waals surface area (Å²) in [7, 11) is -3.75. The molecule has 0 aliphatic carbocycles. The van der Waals surface area contributed by atoms with Crippen LogP contribution in [0.25, 0.3) is 10.8 Å². The molecule has 8 heteroatoms. The maximum absolute atomic E-state index is 13.1. The molecule has 1 saturated heterocycles. The first-order valence-corrected chi connectivity index (χ1v) is 10.6. The first kappa shape index (κ1) is 17.1. The largest absolute Gasteiger partial charge is 0.301 e. The van der Waals surface area contributed by atoms with Crippen LogP contribution in [0.2, 0.25) is 0 Å². The van der Waals surface area contributed by atoms with Crippen molar-refractivity contribution in [3.8, 4) is 0 Å². The van der Waals surface area contributed by atoms with Gasteiger partial charge in [-0.05, 0) is 35.7 Å². The molecule has 6 nitrogen and oxygen atoms in total. The van der Waals surface area contributed by atoms with Crippen LogP contribution in [0.3, 0.4) is 0 Å². The molecule has 2 heterocycles. The molecule has 1 aliphatic heterocycles. The fraction of sp³-hybridized carbons (Fsp3) is 0.222. The number of sulfonamides is 1. The Labute approximate surface area is 155 Å². The lowest BCUT2D eigenvalue weighted by molar-refractivity contribution is -0.119. The fourth-order valence-electron chi connectivity index (χ4n) is 3.23. The van der Waals surface area contributed by atoms with Crippen molar-refractivity contribution in [2.45, 2.75) is 23.8 Å². The molecule has 0 radical (unpaired) electrons. The highest BCUT2D eigenvalue weighted by Gasteiger charge is 2.39. The van der Waals surface area contributed by atoms with Crippen LogP contribution in [0.5, 0.6) is 0 Å². The van der Waals surface area contributed by atoms with Gasteiger partial charge in [0.1, 0.15) is 6.04 Å². The minimum absolute atomic E-state index is 0.213. The Morgan fingerprint density at radius 3 is 2.77 bits per heavy atom. The van der Waals surface area contributed by atoms with Gasteiger partial charge in [-0.15, -0.1) is 11.3 Å². The molecule has 1 fully saturated rings. The summed E-state index contributed by atoms with van der Waals surface area (Å²) in [5.74, 6) is -0.332. The molecular formula is C18H17N3O3S2. The number of nitrogens with zero attached hydrogens (tertiary/aromatic N) is 2. The molecule has 1 unspecified atom stereocenters. The predicted octanol–water partition coefficient (Wildman–Crippen LogP) is 3.09. The summed E-state index contributed by atoms with van der Waals surface area (Å²) in [5, 5.41) is 6.78. The highest BCUT2D eigenvalue weighted by molar-refractivity contribution is 7.89. The van der Waals surface area contributed by atoms with E-state index >= 15 is 0 Å². The van der Waals surface area contributed by atoms with Crippen molar-refractivity contribution < 1.29 is 13.2 Å². The Balaban J connectivity index is 1.63. The van der Waals surface area contributed by atoms with Gasteiger partial charge in [0.2, 0.25) is 15.9 Å². The first-order valence-electron chi connectivity index (χ1n) is 8.27. The Kier molecular flexibility index (Phi) is 4.47. The maximum atomic E-state index is 13.1. The van der Waals surface area contributed by atoms with Crippen LogP contribution in [0.4, 0.5) is 5.13 Å². The van der Waals surface area contributed by atoms with Gasteiger partial charge in [0.05, 0.1) is 4.90 Å². The molecule has 1 N–H and O–H groups in total. The van der Waals surface area contributed by atoms with Crippen molar-refractivity contribution in [3.05, 3.63) is 54.0 Å². The standard InChI is InChI=1S/C18H17N3O3S2/c22-17(20-18-19-9-11-25-18)16-6-3-10-21(16)26(23,24)15-8-7-13-4-1-2-5-14(13)12-15/h1-2,4-5,7-9,11-12,16H,3,6,10H2,(H,19,20,22). The number of benzene rings is 2. The van der Waals surface area contributed by atoms with E-state index in [1.165, 1.54) is 15.6 Å². The Morgan fingerprint density at radius 1 is 1.19 bits per heavy atom. The summed E-state index contributed by atoms with van der Waals surface area (Å²) >= 11 is 1.31. The van der Waals surface area contributed by atoms with Crippen molar-refractivity contribution in [3.63, 3.8) is 0 Å². The predicted molar refractivity (Wildman–Crippen MR) is 102 cm³/mol. The van der Waals surface area contributed by atoms with Gasteiger partial charge in [0.15, 0.2) is 5.13 Å². The Morgan fingerprint density at radius 2 is 2.00 bits per heavy atom. The number of hydrogen-bond acceptors (Lipinski definition) is 5. The van der Waals surface area contributed by atoms with E-state index < -0.39 is 16.1 Å². The van der Waals surface area contributed by atoms with Gasteiger partial charge >= 0.3 is 0 Å². The van der Waals surface area contributed by atoms with Crippen molar-refractivity contribution in [2.24, 2.45) is 0 Å². The average molecular weight is 387 g/mol. The van der Waals surface area contributed by atoms with E-state index in [9.17, 15) is 13.2 Å². The lowest BCUT2D eigenvalue weighted by Crippen LogP contribution is -2.43. The molecule has 1 atom stereocenters. The van der Waals surface area contributed by atoms with Gasteiger partial charge in [-0.1, -0.05) is 30.3 Å². The number of amides is 1. The molecule has 0 bridgehead atoms. The van der Waals surface area contributed by atoms with Crippen LogP contribution in [-0.2, 0) is 14.8 Å². The molecule has 3 aromatic rings. The fourth-order valence-corrected chi connectivity index (χ4v) is 5.45. The number of carbonyl (C=O) groups is 1. The molecule has 134 valence electrons. The SMILES string of the molecule is O=C(Nc1nccs1)C1CCCN1S(=O)(=O)c1ccc2ccccc2c1. The third-order valence-corrected chi connectivity index (χ3v) is 7.09. The molecule has 26 heavy (non-hydrogen) atoms. The molecule has 0 saturated carbocycles. The Bertz CT molecular complexity index is 1050. The van der Waals surface area contributed by atoms with Crippen LogP contribution >= 0.6 is 11.3 Å². The van der Waals surface area contributed by atoms with E-state index in [0.717, 1.165) is 10.8 Å². The summed E-state index contributed by atoms with van der Waals surface area (Å²) in [4.78, 5) is 16.8. The smallest absolute Gasteiger partial charge is 0.244 e. The maximum Gasteiger partial charge on any atom is 0.244 e. The van der Waals surface area contributed by atoms with Crippen LogP contribution < -0.4 is 5.32 Å². The van der Waals surface area contributed by atoms with Crippen molar-refractivity contribution in [2.75, 3.05) is 11.9 Å². The minimum Gasteiger partial charge on any atom is -0.301 e. The summed E-state index contributed by atoms with van der Waals surface area (Å²) in [6.07, 6.45) is 2.76. The van der Waals surface area contributed by atoms with E-state index in [1.54, 1.807) is 29.8 Å². The second kappa shape index (κ2) is 6.79. The summed E-state index contributed by atoms with van der Waals surface area (Å²) in [6.45, 7) is 0.338. The summed E-state index contributed by atoms with van der Waals surface area (Å²) in [5.41, 5.74) is 0. The first-order chi connectivity index (χ1) is 12.6. The second-order valence-corrected chi connectivity index (χ2v) is 8.89. The number of hydrogen-bond donors (Lipinski definition) is 1. The molecule has 2 aromatic carbocycles. The number of aromatic nitrogens is 1. The van der Waals surface area contributed by atoms with Gasteiger partial charge in [-0.2, -0.15) is 4.31 Å². The number of carbonyl (C=O) groups excluding carboxylic acids is 1. The zero-order chi connectivity index (χ0) is 18.1. The number of rotatable bonds is 4. The second-order valence-electron chi connectivity index (χ2n) is 6.11. The van der Waals surface area contributed by atoms with Crippen LogP contribution in [-0.4, -0.2) is 36.2 Å². The monoisotopic (exact) mass is 387 g/mol. The lowest BCUT2D eigenvalue weighted by Gasteiger charge is -2.23. The molecule has 0 spiro atoms. The highest BCUT2D eigenvalue weighted by atomic mass is 32.2. The van der Waals surface area contributed by atoms with Crippen LogP contribution in [0, 0.1) is 0 Å². The van der Waals surface area contributed by atoms with E-state index in [1.807, 2.05) is 24.3 Å². The van der Waals surface area contributed by atoms with Gasteiger partial charge in [-0.25, -0.2) is 13.4 Å². The lowest BCUT2D eigenvalue weighted by atomic mass is 10.1. The van der Waals surface area contributed by atoms with Gasteiger partial charge in [-0.3, -0.25) is 4.79 Å². The van der Waals surface area contributed by atoms with Crippen molar-refractivity contribution in [1.29, 1.82) is 0 Å². The highest BCUT2D eigenvalue weighted by Crippen LogP contribution is 2.29. The van der Waals surface area contributed by atoms with Gasteiger partial charge in [0, 0.05) is 18.1 Å². The quantitative estimate of drug-likeness (QED) is 0.746. The van der Waals surface area contributed by atoms with E-state index in [4.69, 9.17) is 0 Å². The molecular weight excluding hydrogens is 370 g/mol. The molecule has 4 rings (SSSR count). The van der Waals surface area contributed by atoms with Crippen molar-refractivity contribution >= 4 is 43.2 Å². The van der Waals surface area contributed by atoms with Crippen LogP contribution in [0.15, 0.2) is 58.9 Å².